The first-order valence-electron chi connectivity index (χ1n) is 6.50. The molecule has 0 amide bonds. The van der Waals surface area contributed by atoms with Crippen molar-refractivity contribution in [1.29, 1.82) is 0 Å². The van der Waals surface area contributed by atoms with Crippen LogP contribution < -0.4 is 10.6 Å². The molecule has 1 aliphatic carbocycles. The van der Waals surface area contributed by atoms with Gasteiger partial charge >= 0.3 is 6.18 Å². The highest BCUT2D eigenvalue weighted by molar-refractivity contribution is 9.10. The highest BCUT2D eigenvalue weighted by atomic mass is 79.9. The molecule has 0 aliphatic heterocycles. The van der Waals surface area contributed by atoms with Gasteiger partial charge in [0.1, 0.15) is 5.82 Å². The number of pyridine rings is 1. The third kappa shape index (κ3) is 3.44. The van der Waals surface area contributed by atoms with Crippen molar-refractivity contribution in [3.05, 3.63) is 22.3 Å². The Balaban J connectivity index is 2.27. The lowest BCUT2D eigenvalue weighted by atomic mass is 9.91. The average molecular weight is 352 g/mol. The predicted molar refractivity (Wildman–Crippen MR) is 75.6 cm³/mol. The molecule has 1 aromatic rings. The van der Waals surface area contributed by atoms with E-state index >= 15 is 0 Å². The van der Waals surface area contributed by atoms with Gasteiger partial charge in [0.25, 0.3) is 0 Å². The van der Waals surface area contributed by atoms with E-state index in [-0.39, 0.29) is 17.9 Å². The predicted octanol–water partition coefficient (Wildman–Crippen LogP) is 3.57. The molecule has 3 nitrogen and oxygen atoms in total. The van der Waals surface area contributed by atoms with Crippen LogP contribution in [0.25, 0.3) is 0 Å². The molecule has 1 heterocycles. The number of hydrogen-bond acceptors (Lipinski definition) is 3. The second-order valence-electron chi connectivity index (χ2n) is 5.20. The zero-order valence-electron chi connectivity index (χ0n) is 11.1. The summed E-state index contributed by atoms with van der Waals surface area (Å²) in [6, 6.07) is 1.30. The zero-order chi connectivity index (χ0) is 14.9. The van der Waals surface area contributed by atoms with Gasteiger partial charge in [-0.15, -0.1) is 0 Å². The lowest BCUT2D eigenvalue weighted by Crippen LogP contribution is -2.40. The van der Waals surface area contributed by atoms with Gasteiger partial charge in [0.05, 0.1) is 5.56 Å². The van der Waals surface area contributed by atoms with Crippen LogP contribution in [-0.4, -0.2) is 24.1 Å². The lowest BCUT2D eigenvalue weighted by Gasteiger charge is -2.35. The maximum Gasteiger partial charge on any atom is 0.419 e. The number of nitrogens with zero attached hydrogens (tertiary/aromatic N) is 2. The molecular formula is C13H17BrF3N3. The fourth-order valence-corrected chi connectivity index (χ4v) is 2.91. The number of alkyl halides is 3. The molecular weight excluding hydrogens is 335 g/mol. The molecule has 2 rings (SSSR count). The van der Waals surface area contributed by atoms with E-state index in [1.165, 1.54) is 6.20 Å². The molecule has 0 spiro atoms. The maximum absolute atomic E-state index is 13.1. The first-order chi connectivity index (χ1) is 9.29. The van der Waals surface area contributed by atoms with Crippen molar-refractivity contribution in [2.75, 3.05) is 11.9 Å². The number of hydrogen-bond donors (Lipinski definition) is 1. The van der Waals surface area contributed by atoms with Crippen LogP contribution in [0.1, 0.15) is 31.2 Å². The van der Waals surface area contributed by atoms with Crippen LogP contribution >= 0.6 is 15.9 Å². The minimum Gasteiger partial charge on any atom is -0.356 e. The number of anilines is 1. The van der Waals surface area contributed by atoms with E-state index in [1.807, 2.05) is 0 Å². The second-order valence-corrected chi connectivity index (χ2v) is 6.12. The molecule has 1 fully saturated rings. The van der Waals surface area contributed by atoms with E-state index in [4.69, 9.17) is 5.73 Å². The first kappa shape index (κ1) is 15.6. The third-order valence-electron chi connectivity index (χ3n) is 3.76. The molecule has 0 saturated heterocycles. The second kappa shape index (κ2) is 5.89. The van der Waals surface area contributed by atoms with Crippen LogP contribution in [0, 0.1) is 0 Å². The molecule has 1 saturated carbocycles. The third-order valence-corrected chi connectivity index (χ3v) is 4.20. The van der Waals surface area contributed by atoms with Gasteiger partial charge < -0.3 is 10.6 Å². The van der Waals surface area contributed by atoms with E-state index in [1.54, 1.807) is 11.9 Å². The van der Waals surface area contributed by atoms with Crippen LogP contribution in [0.3, 0.4) is 0 Å². The van der Waals surface area contributed by atoms with E-state index < -0.39 is 11.7 Å². The Kier molecular flexibility index (Phi) is 4.59. The van der Waals surface area contributed by atoms with Crippen molar-refractivity contribution in [3.8, 4) is 0 Å². The van der Waals surface area contributed by atoms with Crippen molar-refractivity contribution < 1.29 is 13.2 Å². The molecule has 0 aromatic carbocycles. The topological polar surface area (TPSA) is 42.2 Å². The van der Waals surface area contributed by atoms with Crippen molar-refractivity contribution in [1.82, 2.24) is 4.98 Å². The van der Waals surface area contributed by atoms with Crippen LogP contribution in [0.4, 0.5) is 19.0 Å². The van der Waals surface area contributed by atoms with Crippen LogP contribution in [0.5, 0.6) is 0 Å². The highest BCUT2D eigenvalue weighted by Gasteiger charge is 2.37. The van der Waals surface area contributed by atoms with E-state index in [2.05, 4.69) is 20.9 Å². The molecule has 0 atom stereocenters. The summed E-state index contributed by atoms with van der Waals surface area (Å²) in [7, 11) is 1.67. The van der Waals surface area contributed by atoms with Gasteiger partial charge in [0, 0.05) is 29.8 Å². The Labute approximate surface area is 124 Å². The number of aromatic nitrogens is 1. The number of nitrogens with two attached hydrogens (primary N) is 1. The summed E-state index contributed by atoms with van der Waals surface area (Å²) < 4.78 is 39.7. The van der Waals surface area contributed by atoms with Gasteiger partial charge in [0.2, 0.25) is 0 Å². The van der Waals surface area contributed by atoms with E-state index in [0.717, 1.165) is 31.7 Å². The molecule has 0 radical (unpaired) electrons. The Morgan fingerprint density at radius 1 is 1.30 bits per heavy atom. The van der Waals surface area contributed by atoms with E-state index in [9.17, 15) is 13.2 Å². The number of rotatable bonds is 2. The lowest BCUT2D eigenvalue weighted by molar-refractivity contribution is -0.137. The van der Waals surface area contributed by atoms with Gasteiger partial charge in [0.15, 0.2) is 0 Å². The van der Waals surface area contributed by atoms with E-state index in [0.29, 0.717) is 4.47 Å². The van der Waals surface area contributed by atoms with Gasteiger partial charge in [-0.1, -0.05) is 0 Å². The van der Waals surface area contributed by atoms with Gasteiger partial charge in [-0.05, 0) is 47.7 Å². The molecule has 20 heavy (non-hydrogen) atoms. The highest BCUT2D eigenvalue weighted by Crippen LogP contribution is 2.38. The quantitative estimate of drug-likeness (QED) is 0.885. The molecule has 0 bridgehead atoms. The fourth-order valence-electron chi connectivity index (χ4n) is 2.58. The Hall–Kier alpha value is -0.820. The molecule has 0 unspecified atom stereocenters. The summed E-state index contributed by atoms with van der Waals surface area (Å²) >= 11 is 3.04. The van der Waals surface area contributed by atoms with Crippen molar-refractivity contribution in [3.63, 3.8) is 0 Å². The smallest absolute Gasteiger partial charge is 0.356 e. The van der Waals surface area contributed by atoms with Crippen molar-refractivity contribution in [2.45, 2.75) is 43.9 Å². The van der Waals surface area contributed by atoms with Gasteiger partial charge in [-0.3, -0.25) is 0 Å². The SMILES string of the molecule is CN(c1ncc(Br)cc1C(F)(F)F)C1CCC(N)CC1. The van der Waals surface area contributed by atoms with Gasteiger partial charge in [-0.2, -0.15) is 13.2 Å². The summed E-state index contributed by atoms with van der Waals surface area (Å²) in [5, 5.41) is 0. The minimum absolute atomic E-state index is 0.0128. The monoisotopic (exact) mass is 351 g/mol. The summed E-state index contributed by atoms with van der Waals surface area (Å²) in [4.78, 5) is 5.61. The Morgan fingerprint density at radius 2 is 1.90 bits per heavy atom. The zero-order valence-corrected chi connectivity index (χ0v) is 12.7. The Bertz CT molecular complexity index is 470. The Morgan fingerprint density at radius 3 is 2.45 bits per heavy atom. The molecule has 1 aliphatic rings. The standard InChI is InChI=1S/C13H17BrF3N3/c1-20(10-4-2-9(18)3-5-10)12-11(13(15,16)17)6-8(14)7-19-12/h6-7,9-10H,2-5,18H2,1H3. The van der Waals surface area contributed by atoms with Crippen LogP contribution in [0.15, 0.2) is 16.7 Å². The van der Waals surface area contributed by atoms with Crippen molar-refractivity contribution in [2.24, 2.45) is 5.73 Å². The largest absolute Gasteiger partial charge is 0.419 e. The summed E-state index contributed by atoms with van der Waals surface area (Å²) in [6.45, 7) is 0. The molecule has 112 valence electrons. The molecule has 2 N–H and O–H groups in total. The number of halogens is 4. The first-order valence-corrected chi connectivity index (χ1v) is 7.29. The van der Waals surface area contributed by atoms with Crippen molar-refractivity contribution >= 4 is 21.7 Å². The van der Waals surface area contributed by atoms with Crippen LogP contribution in [0.2, 0.25) is 0 Å². The average Bonchev–Trinajstić information content (AvgIpc) is 2.38. The summed E-state index contributed by atoms with van der Waals surface area (Å²) in [5.74, 6) is -0.0128. The molecule has 7 heteroatoms. The van der Waals surface area contributed by atoms with Crippen LogP contribution in [-0.2, 0) is 6.18 Å². The normalized spacial score (nSPS) is 23.7. The fraction of sp³-hybridized carbons (Fsp3) is 0.615. The van der Waals surface area contributed by atoms with Gasteiger partial charge in [-0.25, -0.2) is 4.98 Å². The maximum atomic E-state index is 13.1. The summed E-state index contributed by atoms with van der Waals surface area (Å²) in [5.41, 5.74) is 5.13. The molecule has 1 aromatic heterocycles. The minimum atomic E-state index is -4.41. The summed E-state index contributed by atoms with van der Waals surface area (Å²) in [6.07, 6.45) is 0.264.